The second-order valence-corrected chi connectivity index (χ2v) is 6.98. The fourth-order valence-electron chi connectivity index (χ4n) is 2.28. The van der Waals surface area contributed by atoms with Gasteiger partial charge in [0.1, 0.15) is 16.5 Å². The molecule has 0 bridgehead atoms. The molecule has 0 aliphatic carbocycles. The number of aryl methyl sites for hydroxylation is 3. The predicted octanol–water partition coefficient (Wildman–Crippen LogP) is 4.48. The van der Waals surface area contributed by atoms with Gasteiger partial charge in [-0.3, -0.25) is 4.68 Å². The first-order chi connectivity index (χ1) is 9.88. The lowest BCUT2D eigenvalue weighted by atomic mass is 10.2. The third-order valence-corrected chi connectivity index (χ3v) is 5.54. The van der Waals surface area contributed by atoms with Crippen LogP contribution < -0.4 is 0 Å². The lowest BCUT2D eigenvalue weighted by molar-refractivity contribution is 0.634. The van der Waals surface area contributed by atoms with E-state index in [1.807, 2.05) is 25.5 Å². The van der Waals surface area contributed by atoms with Gasteiger partial charge in [-0.1, -0.05) is 23.2 Å². The van der Waals surface area contributed by atoms with Crippen LogP contribution >= 0.6 is 34.5 Å². The van der Waals surface area contributed by atoms with E-state index in [0.29, 0.717) is 22.5 Å². The van der Waals surface area contributed by atoms with Crippen molar-refractivity contribution in [1.29, 1.82) is 0 Å². The molecule has 7 heteroatoms. The molecule has 110 valence electrons. The summed E-state index contributed by atoms with van der Waals surface area (Å²) in [5.74, 6) is 0.649. The number of aromatic nitrogens is 4. The van der Waals surface area contributed by atoms with Gasteiger partial charge in [0.2, 0.25) is 0 Å². The molecular formula is C14H14Cl2N4S. The van der Waals surface area contributed by atoms with Crippen molar-refractivity contribution >= 4 is 44.8 Å². The van der Waals surface area contributed by atoms with Gasteiger partial charge in [0.25, 0.3) is 0 Å². The quantitative estimate of drug-likeness (QED) is 0.646. The van der Waals surface area contributed by atoms with Gasteiger partial charge in [-0.2, -0.15) is 5.10 Å². The van der Waals surface area contributed by atoms with Gasteiger partial charge in [0.05, 0.1) is 21.8 Å². The number of hydrogen-bond acceptors (Lipinski definition) is 4. The summed E-state index contributed by atoms with van der Waals surface area (Å²) in [6.07, 6.45) is 0. The summed E-state index contributed by atoms with van der Waals surface area (Å²) >= 11 is 14.1. The molecule has 0 saturated heterocycles. The van der Waals surface area contributed by atoms with Crippen LogP contribution in [0.3, 0.4) is 0 Å². The lowest BCUT2D eigenvalue weighted by Crippen LogP contribution is -2.07. The number of fused-ring (bicyclic) bond motifs is 1. The van der Waals surface area contributed by atoms with Crippen LogP contribution in [0.4, 0.5) is 0 Å². The van der Waals surface area contributed by atoms with Crippen molar-refractivity contribution in [2.75, 3.05) is 0 Å². The average molecular weight is 341 g/mol. The SMILES string of the molecule is Cc1nn(Cc2nc(Cl)c3c(C)c(C)sc3n2)c(C)c1Cl. The van der Waals surface area contributed by atoms with Crippen molar-refractivity contribution in [2.24, 2.45) is 0 Å². The summed E-state index contributed by atoms with van der Waals surface area (Å²) in [5, 5.41) is 6.54. The Kier molecular flexibility index (Phi) is 3.67. The minimum Gasteiger partial charge on any atom is -0.260 e. The zero-order chi connectivity index (χ0) is 15.3. The molecular weight excluding hydrogens is 327 g/mol. The molecule has 0 radical (unpaired) electrons. The highest BCUT2D eigenvalue weighted by molar-refractivity contribution is 7.18. The second-order valence-electron chi connectivity index (χ2n) is 5.04. The van der Waals surface area contributed by atoms with E-state index in [1.165, 1.54) is 4.88 Å². The summed E-state index contributed by atoms with van der Waals surface area (Å²) in [6, 6.07) is 0. The molecule has 21 heavy (non-hydrogen) atoms. The second kappa shape index (κ2) is 5.23. The number of halogens is 2. The topological polar surface area (TPSA) is 43.6 Å². The molecule has 0 aliphatic heterocycles. The molecule has 0 fully saturated rings. The van der Waals surface area contributed by atoms with Crippen LogP contribution in [0.5, 0.6) is 0 Å². The molecule has 3 heterocycles. The van der Waals surface area contributed by atoms with E-state index in [0.717, 1.165) is 27.2 Å². The molecule has 0 N–H and O–H groups in total. The molecule has 3 aromatic heterocycles. The van der Waals surface area contributed by atoms with Gasteiger partial charge < -0.3 is 0 Å². The molecule has 0 atom stereocenters. The standard InChI is InChI=1S/C14H14Cl2N4S/c1-6-9(4)21-14-11(6)13(16)17-10(18-14)5-20-8(3)12(15)7(2)19-20/h5H2,1-4H3. The van der Waals surface area contributed by atoms with Crippen LogP contribution in [0.2, 0.25) is 10.2 Å². The predicted molar refractivity (Wildman–Crippen MR) is 87.7 cm³/mol. The Morgan fingerprint density at radius 2 is 1.81 bits per heavy atom. The molecule has 0 unspecified atom stereocenters. The first kappa shape index (κ1) is 14.8. The highest BCUT2D eigenvalue weighted by Gasteiger charge is 2.15. The van der Waals surface area contributed by atoms with E-state index in [9.17, 15) is 0 Å². The summed E-state index contributed by atoms with van der Waals surface area (Å²) in [7, 11) is 0. The molecule has 0 amide bonds. The molecule has 0 aliphatic rings. The number of rotatable bonds is 2. The van der Waals surface area contributed by atoms with Crippen molar-refractivity contribution < 1.29 is 0 Å². The van der Waals surface area contributed by atoms with Gasteiger partial charge in [-0.25, -0.2) is 9.97 Å². The Morgan fingerprint density at radius 3 is 2.43 bits per heavy atom. The lowest BCUT2D eigenvalue weighted by Gasteiger charge is -2.05. The molecule has 0 saturated carbocycles. The van der Waals surface area contributed by atoms with Gasteiger partial charge >= 0.3 is 0 Å². The van der Waals surface area contributed by atoms with E-state index in [-0.39, 0.29) is 0 Å². The molecule has 4 nitrogen and oxygen atoms in total. The molecule has 0 aromatic carbocycles. The van der Waals surface area contributed by atoms with E-state index in [1.54, 1.807) is 11.3 Å². The van der Waals surface area contributed by atoms with Crippen molar-refractivity contribution in [3.8, 4) is 0 Å². The van der Waals surface area contributed by atoms with E-state index < -0.39 is 0 Å². The minimum atomic E-state index is 0.463. The van der Waals surface area contributed by atoms with Crippen LogP contribution in [0.25, 0.3) is 10.2 Å². The summed E-state index contributed by atoms with van der Waals surface area (Å²) in [5.41, 5.74) is 2.87. The third-order valence-electron chi connectivity index (χ3n) is 3.62. The molecule has 3 aromatic rings. The first-order valence-electron chi connectivity index (χ1n) is 6.50. The normalized spacial score (nSPS) is 11.5. The maximum absolute atomic E-state index is 6.32. The number of hydrogen-bond donors (Lipinski definition) is 0. The largest absolute Gasteiger partial charge is 0.260 e. The van der Waals surface area contributed by atoms with Gasteiger partial charge in [-0.05, 0) is 33.3 Å². The highest BCUT2D eigenvalue weighted by atomic mass is 35.5. The molecule has 0 spiro atoms. The Labute approximate surface area is 136 Å². The molecule has 3 rings (SSSR count). The van der Waals surface area contributed by atoms with E-state index in [2.05, 4.69) is 22.0 Å². The fraction of sp³-hybridized carbons (Fsp3) is 0.357. The maximum atomic E-state index is 6.32. The van der Waals surface area contributed by atoms with Crippen molar-refractivity contribution in [3.63, 3.8) is 0 Å². The van der Waals surface area contributed by atoms with Gasteiger partial charge in [0, 0.05) is 4.88 Å². The van der Waals surface area contributed by atoms with E-state index >= 15 is 0 Å². The zero-order valence-electron chi connectivity index (χ0n) is 12.2. The smallest absolute Gasteiger partial charge is 0.153 e. The summed E-state index contributed by atoms with van der Waals surface area (Å²) in [6.45, 7) is 8.39. The third kappa shape index (κ3) is 2.43. The van der Waals surface area contributed by atoms with E-state index in [4.69, 9.17) is 23.2 Å². The summed E-state index contributed by atoms with van der Waals surface area (Å²) < 4.78 is 1.81. The number of thiophene rings is 1. The fourth-order valence-corrected chi connectivity index (χ4v) is 3.84. The average Bonchev–Trinajstić information content (AvgIpc) is 2.83. The van der Waals surface area contributed by atoms with Crippen molar-refractivity contribution in [3.05, 3.63) is 37.8 Å². The maximum Gasteiger partial charge on any atom is 0.153 e. The monoisotopic (exact) mass is 340 g/mol. The van der Waals surface area contributed by atoms with Crippen molar-refractivity contribution in [1.82, 2.24) is 19.7 Å². The van der Waals surface area contributed by atoms with Crippen LogP contribution in [-0.2, 0) is 6.54 Å². The van der Waals surface area contributed by atoms with Crippen LogP contribution in [0, 0.1) is 27.7 Å². The van der Waals surface area contributed by atoms with Crippen molar-refractivity contribution in [2.45, 2.75) is 34.2 Å². The van der Waals surface area contributed by atoms with Gasteiger partial charge in [-0.15, -0.1) is 11.3 Å². The number of nitrogens with zero attached hydrogens (tertiary/aromatic N) is 4. The Balaban J connectivity index is 2.07. The Morgan fingerprint density at radius 1 is 1.10 bits per heavy atom. The highest BCUT2D eigenvalue weighted by Crippen LogP contribution is 2.33. The Bertz CT molecular complexity index is 851. The van der Waals surface area contributed by atoms with Crippen LogP contribution in [0.1, 0.15) is 27.7 Å². The zero-order valence-corrected chi connectivity index (χ0v) is 14.5. The summed E-state index contributed by atoms with van der Waals surface area (Å²) in [4.78, 5) is 11.2. The Hall–Kier alpha value is -1.17. The van der Waals surface area contributed by atoms with Crippen LogP contribution in [0.15, 0.2) is 0 Å². The first-order valence-corrected chi connectivity index (χ1v) is 8.07. The van der Waals surface area contributed by atoms with Gasteiger partial charge in [0.15, 0.2) is 5.82 Å². The minimum absolute atomic E-state index is 0.463. The van der Waals surface area contributed by atoms with Crippen LogP contribution in [-0.4, -0.2) is 19.7 Å².